The maximum absolute atomic E-state index is 12.4. The fourth-order valence-electron chi connectivity index (χ4n) is 2.00. The van der Waals surface area contributed by atoms with E-state index in [-0.39, 0.29) is 4.91 Å². The third kappa shape index (κ3) is 1.45. The van der Waals surface area contributed by atoms with Crippen molar-refractivity contribution in [3.63, 3.8) is 0 Å². The number of aryl methyl sites for hydroxylation is 1. The van der Waals surface area contributed by atoms with Gasteiger partial charge in [-0.15, -0.1) is 3.97 Å². The summed E-state index contributed by atoms with van der Waals surface area (Å²) in [6.45, 7) is 0. The fraction of sp³-hybridized carbons (Fsp3) is 0.0769. The Morgan fingerprint density at radius 3 is 2.78 bits per heavy atom. The summed E-state index contributed by atoms with van der Waals surface area (Å²) in [5, 5.41) is 0. The Morgan fingerprint density at radius 1 is 1.28 bits per heavy atom. The van der Waals surface area contributed by atoms with Gasteiger partial charge in [0.25, 0.3) is 6.33 Å². The average Bonchev–Trinajstić information content (AvgIpc) is 2.98. The van der Waals surface area contributed by atoms with Crippen LogP contribution in [0.2, 0.25) is 0 Å². The smallest absolute Gasteiger partial charge is 0.232 e. The topological polar surface area (TPSA) is 43.0 Å². The monoisotopic (exact) mass is 259 g/mol. The van der Waals surface area contributed by atoms with Crippen LogP contribution in [0.1, 0.15) is 0 Å². The maximum Gasteiger partial charge on any atom is 0.343 e. The van der Waals surface area contributed by atoms with E-state index in [2.05, 4.69) is 5.73 Å². The van der Waals surface area contributed by atoms with Crippen LogP contribution < -0.4 is 4.57 Å². The van der Waals surface area contributed by atoms with Gasteiger partial charge in [0.1, 0.15) is 0 Å². The minimum absolute atomic E-state index is 0.184. The first-order chi connectivity index (χ1) is 8.60. The van der Waals surface area contributed by atoms with Crippen LogP contribution in [0, 0.1) is 0 Å². The number of nitrogens with zero attached hydrogens (tertiary/aromatic N) is 2. The van der Waals surface area contributed by atoms with Gasteiger partial charge in [0, 0.05) is 0 Å². The molecular formula is C13H11N2O2S+. The lowest BCUT2D eigenvalue weighted by Gasteiger charge is -1.97. The lowest BCUT2D eigenvalue weighted by atomic mass is 10.3. The standard InChI is InChI=1S/C13H11N2O2S/c1-14-10-15(13-9-5-4-8-12(13)14)18(16,17)11-6-2-3-7-11/h2-6,8-10H,1H3/q+1. The summed E-state index contributed by atoms with van der Waals surface area (Å²) in [6, 6.07) is 7.38. The van der Waals surface area contributed by atoms with Crippen molar-refractivity contribution in [2.45, 2.75) is 0 Å². The van der Waals surface area contributed by atoms with Crippen LogP contribution in [0.3, 0.4) is 0 Å². The minimum Gasteiger partial charge on any atom is -0.232 e. The number of hydrogen-bond acceptors (Lipinski definition) is 2. The lowest BCUT2D eigenvalue weighted by molar-refractivity contribution is -0.645. The van der Waals surface area contributed by atoms with Gasteiger partial charge >= 0.3 is 10.0 Å². The molecule has 0 aliphatic heterocycles. The summed E-state index contributed by atoms with van der Waals surface area (Å²) in [6.07, 6.45) is 6.38. The predicted octanol–water partition coefficient (Wildman–Crippen LogP) is 1.25. The van der Waals surface area contributed by atoms with Crippen LogP contribution in [0.25, 0.3) is 11.0 Å². The molecule has 0 unspecified atom stereocenters. The number of allylic oxidation sites excluding steroid dienone is 2. The quantitative estimate of drug-likeness (QED) is 0.602. The highest BCUT2D eigenvalue weighted by Gasteiger charge is 2.28. The fourth-order valence-corrected chi connectivity index (χ4v) is 3.36. The number of para-hydroxylation sites is 2. The molecule has 4 nitrogen and oxygen atoms in total. The largest absolute Gasteiger partial charge is 0.343 e. The van der Waals surface area contributed by atoms with Crippen LogP contribution in [0.4, 0.5) is 0 Å². The highest BCUT2D eigenvalue weighted by molar-refractivity contribution is 7.94. The van der Waals surface area contributed by atoms with Crippen LogP contribution in [-0.4, -0.2) is 12.4 Å². The molecule has 1 aromatic heterocycles. The van der Waals surface area contributed by atoms with Crippen molar-refractivity contribution in [2.24, 2.45) is 7.05 Å². The maximum atomic E-state index is 12.4. The molecule has 0 radical (unpaired) electrons. The van der Waals surface area contributed by atoms with E-state index >= 15 is 0 Å². The van der Waals surface area contributed by atoms with Gasteiger partial charge in [0.05, 0.1) is 7.05 Å². The van der Waals surface area contributed by atoms with E-state index in [4.69, 9.17) is 0 Å². The molecule has 0 saturated carbocycles. The number of fused-ring (bicyclic) bond motifs is 1. The molecule has 1 aliphatic carbocycles. The number of aromatic nitrogens is 2. The van der Waals surface area contributed by atoms with Crippen molar-refractivity contribution in [3.05, 3.63) is 59.5 Å². The van der Waals surface area contributed by atoms with Gasteiger partial charge in [-0.05, 0) is 24.3 Å². The Morgan fingerprint density at radius 2 is 2.06 bits per heavy atom. The summed E-state index contributed by atoms with van der Waals surface area (Å²) in [5.74, 6) is 0. The summed E-state index contributed by atoms with van der Waals surface area (Å²) in [5.41, 5.74) is 4.26. The van der Waals surface area contributed by atoms with Gasteiger partial charge < -0.3 is 0 Å². The van der Waals surface area contributed by atoms with Gasteiger partial charge in [-0.3, -0.25) is 0 Å². The first-order valence-corrected chi connectivity index (χ1v) is 6.89. The van der Waals surface area contributed by atoms with Crippen molar-refractivity contribution in [3.8, 4) is 0 Å². The summed E-state index contributed by atoms with van der Waals surface area (Å²) >= 11 is 0. The van der Waals surface area contributed by atoms with Crippen LogP contribution in [0.15, 0.2) is 59.5 Å². The summed E-state index contributed by atoms with van der Waals surface area (Å²) < 4.78 is 28.0. The van der Waals surface area contributed by atoms with E-state index < -0.39 is 10.0 Å². The zero-order valence-electron chi connectivity index (χ0n) is 9.74. The molecule has 2 aromatic rings. The van der Waals surface area contributed by atoms with E-state index in [0.717, 1.165) is 5.52 Å². The molecule has 0 spiro atoms. The van der Waals surface area contributed by atoms with E-state index in [1.807, 2.05) is 25.2 Å². The van der Waals surface area contributed by atoms with Gasteiger partial charge in [-0.1, -0.05) is 23.9 Å². The molecule has 3 rings (SSSR count). The van der Waals surface area contributed by atoms with Crippen molar-refractivity contribution < 1.29 is 13.0 Å². The van der Waals surface area contributed by atoms with E-state index in [1.165, 1.54) is 3.97 Å². The van der Waals surface area contributed by atoms with Crippen molar-refractivity contribution in [1.29, 1.82) is 0 Å². The second-order valence-corrected chi connectivity index (χ2v) is 5.83. The Hall–Kier alpha value is -2.10. The van der Waals surface area contributed by atoms with Crippen LogP contribution in [-0.2, 0) is 17.1 Å². The molecule has 90 valence electrons. The SMILES string of the molecule is C[n+]1cn(S(=O)(=O)C2=C=CC=C2)c2ccccc21. The highest BCUT2D eigenvalue weighted by atomic mass is 32.2. The molecule has 1 heterocycles. The van der Waals surface area contributed by atoms with Crippen LogP contribution >= 0.6 is 0 Å². The number of benzene rings is 1. The van der Waals surface area contributed by atoms with Gasteiger partial charge in [0.15, 0.2) is 15.9 Å². The Labute approximate surface area is 105 Å². The van der Waals surface area contributed by atoms with Crippen molar-refractivity contribution in [1.82, 2.24) is 3.97 Å². The number of hydrogen-bond donors (Lipinski definition) is 0. The number of rotatable bonds is 2. The first-order valence-electron chi connectivity index (χ1n) is 5.45. The molecule has 18 heavy (non-hydrogen) atoms. The highest BCUT2D eigenvalue weighted by Crippen LogP contribution is 2.19. The number of imidazole rings is 1. The predicted molar refractivity (Wildman–Crippen MR) is 68.2 cm³/mol. The molecular weight excluding hydrogens is 248 g/mol. The Balaban J connectivity index is 2.34. The van der Waals surface area contributed by atoms with Crippen molar-refractivity contribution >= 4 is 21.1 Å². The molecule has 0 atom stereocenters. The molecule has 0 saturated heterocycles. The third-order valence-corrected chi connectivity index (χ3v) is 4.50. The summed E-state index contributed by atoms with van der Waals surface area (Å²) in [4.78, 5) is 0.184. The van der Waals surface area contributed by atoms with Crippen molar-refractivity contribution in [2.75, 3.05) is 0 Å². The second kappa shape index (κ2) is 3.70. The molecule has 5 heteroatoms. The van der Waals surface area contributed by atoms with E-state index in [9.17, 15) is 8.42 Å². The molecule has 0 N–H and O–H groups in total. The molecule has 1 aromatic carbocycles. The summed E-state index contributed by atoms with van der Waals surface area (Å²) in [7, 11) is -1.74. The van der Waals surface area contributed by atoms with Gasteiger partial charge in [-0.2, -0.15) is 8.42 Å². The van der Waals surface area contributed by atoms with E-state index in [0.29, 0.717) is 5.52 Å². The molecule has 0 bridgehead atoms. The second-order valence-electron chi connectivity index (χ2n) is 4.05. The van der Waals surface area contributed by atoms with Crippen LogP contribution in [0.5, 0.6) is 0 Å². The van der Waals surface area contributed by atoms with Gasteiger partial charge in [0.2, 0.25) is 0 Å². The Bertz CT molecular complexity index is 835. The normalized spacial score (nSPS) is 14.4. The molecule has 0 amide bonds. The first kappa shape index (κ1) is 11.0. The third-order valence-electron chi connectivity index (χ3n) is 2.88. The van der Waals surface area contributed by atoms with E-state index in [1.54, 1.807) is 35.2 Å². The van der Waals surface area contributed by atoms with Gasteiger partial charge in [-0.25, -0.2) is 4.57 Å². The minimum atomic E-state index is -3.56. The zero-order chi connectivity index (χ0) is 12.8. The Kier molecular flexibility index (Phi) is 2.26. The lowest BCUT2D eigenvalue weighted by Crippen LogP contribution is -2.26. The average molecular weight is 259 g/mol. The molecule has 1 aliphatic rings. The molecule has 0 fully saturated rings. The zero-order valence-corrected chi connectivity index (χ0v) is 10.6.